The molecule has 2 heterocycles. The summed E-state index contributed by atoms with van der Waals surface area (Å²) in [5.41, 5.74) is 2.77. The van der Waals surface area contributed by atoms with Gasteiger partial charge in [0.25, 0.3) is 5.91 Å². The molecule has 5 heteroatoms. The lowest BCUT2D eigenvalue weighted by Gasteiger charge is -2.42. The molecule has 0 saturated carbocycles. The van der Waals surface area contributed by atoms with Crippen molar-refractivity contribution in [3.8, 4) is 11.5 Å². The van der Waals surface area contributed by atoms with E-state index in [1.165, 1.54) is 11.1 Å². The van der Waals surface area contributed by atoms with E-state index in [1.807, 2.05) is 17.0 Å². The van der Waals surface area contributed by atoms with Crippen molar-refractivity contribution in [3.63, 3.8) is 0 Å². The molecule has 142 valence electrons. The molecule has 4 rings (SSSR count). The maximum atomic E-state index is 13.1. The molecular weight excluding hydrogens is 342 g/mol. The number of fused-ring (bicyclic) bond motifs is 1. The molecule has 1 atom stereocenters. The normalized spacial score (nSPS) is 21.3. The van der Waals surface area contributed by atoms with Gasteiger partial charge in [0.05, 0.1) is 6.61 Å². The number of benzene rings is 2. The van der Waals surface area contributed by atoms with E-state index in [4.69, 9.17) is 9.47 Å². The number of rotatable bonds is 4. The van der Waals surface area contributed by atoms with Crippen LogP contribution in [0.5, 0.6) is 11.5 Å². The Morgan fingerprint density at radius 1 is 1.19 bits per heavy atom. The number of nitrogens with zero attached hydrogens (tertiary/aromatic N) is 1. The van der Waals surface area contributed by atoms with Crippen LogP contribution >= 0.6 is 0 Å². The van der Waals surface area contributed by atoms with Crippen LogP contribution in [-0.2, 0) is 6.42 Å². The Hall–Kier alpha value is -2.53. The van der Waals surface area contributed by atoms with Crippen LogP contribution in [0.3, 0.4) is 0 Å². The minimum absolute atomic E-state index is 0.0180. The monoisotopic (exact) mass is 367 g/mol. The van der Waals surface area contributed by atoms with E-state index in [1.54, 1.807) is 18.2 Å². The zero-order valence-electron chi connectivity index (χ0n) is 15.6. The van der Waals surface area contributed by atoms with Gasteiger partial charge < -0.3 is 19.5 Å². The molecule has 0 aromatic heterocycles. The van der Waals surface area contributed by atoms with Crippen molar-refractivity contribution in [2.45, 2.75) is 26.2 Å². The summed E-state index contributed by atoms with van der Waals surface area (Å²) in [4.78, 5) is 14.9. The second kappa shape index (κ2) is 7.24. The molecule has 1 N–H and O–H groups in total. The van der Waals surface area contributed by atoms with Crippen LogP contribution in [-0.4, -0.2) is 42.4 Å². The summed E-state index contributed by atoms with van der Waals surface area (Å²) in [6.45, 7) is 3.64. The topological polar surface area (TPSA) is 59.0 Å². The van der Waals surface area contributed by atoms with Gasteiger partial charge in [-0.25, -0.2) is 0 Å². The molecule has 2 aromatic carbocycles. The molecule has 1 saturated heterocycles. The highest BCUT2D eigenvalue weighted by Gasteiger charge is 2.37. The predicted molar refractivity (Wildman–Crippen MR) is 102 cm³/mol. The van der Waals surface area contributed by atoms with E-state index < -0.39 is 0 Å². The summed E-state index contributed by atoms with van der Waals surface area (Å²) in [6.07, 6.45) is 2.59. The molecule has 0 spiro atoms. The average molecular weight is 367 g/mol. The Balaban J connectivity index is 1.54. The van der Waals surface area contributed by atoms with Crippen LogP contribution in [0.25, 0.3) is 0 Å². The van der Waals surface area contributed by atoms with Crippen LogP contribution < -0.4 is 9.47 Å². The molecule has 1 fully saturated rings. The van der Waals surface area contributed by atoms with Gasteiger partial charge in [-0.15, -0.1) is 0 Å². The molecule has 2 aliphatic rings. The van der Waals surface area contributed by atoms with Crippen molar-refractivity contribution in [3.05, 3.63) is 59.2 Å². The highest BCUT2D eigenvalue weighted by Crippen LogP contribution is 2.36. The first-order chi connectivity index (χ1) is 13.1. The Labute approximate surface area is 159 Å². The predicted octanol–water partition coefficient (Wildman–Crippen LogP) is 3.18. The third-order valence-corrected chi connectivity index (χ3v) is 5.73. The number of hydrogen-bond acceptors (Lipinski definition) is 4. The smallest absolute Gasteiger partial charge is 0.254 e. The quantitative estimate of drug-likeness (QED) is 0.902. The van der Waals surface area contributed by atoms with Crippen LogP contribution in [0.1, 0.15) is 34.3 Å². The van der Waals surface area contributed by atoms with Crippen molar-refractivity contribution < 1.29 is 19.4 Å². The largest absolute Gasteiger partial charge is 0.454 e. The molecule has 1 unspecified atom stereocenters. The number of aryl methyl sites for hydroxylation is 1. The molecule has 5 nitrogen and oxygen atoms in total. The Kier molecular flexibility index (Phi) is 4.79. The number of aliphatic hydroxyl groups excluding tert-OH is 1. The molecule has 1 amide bonds. The summed E-state index contributed by atoms with van der Waals surface area (Å²) >= 11 is 0. The lowest BCUT2D eigenvalue weighted by atomic mass is 9.75. The van der Waals surface area contributed by atoms with E-state index in [-0.39, 0.29) is 24.7 Å². The molecule has 0 radical (unpaired) electrons. The second-order valence-electron chi connectivity index (χ2n) is 7.66. The van der Waals surface area contributed by atoms with Crippen LogP contribution in [0.2, 0.25) is 0 Å². The lowest BCUT2D eigenvalue weighted by molar-refractivity contribution is 0.0271. The molecule has 0 bridgehead atoms. The Morgan fingerprint density at radius 2 is 2.00 bits per heavy atom. The van der Waals surface area contributed by atoms with Gasteiger partial charge in [0.2, 0.25) is 6.79 Å². The van der Waals surface area contributed by atoms with Gasteiger partial charge in [0, 0.05) is 24.1 Å². The number of amides is 1. The van der Waals surface area contributed by atoms with Gasteiger partial charge in [-0.1, -0.05) is 24.3 Å². The van der Waals surface area contributed by atoms with E-state index in [9.17, 15) is 9.90 Å². The molecular formula is C22H25NO4. The van der Waals surface area contributed by atoms with Gasteiger partial charge >= 0.3 is 0 Å². The van der Waals surface area contributed by atoms with Gasteiger partial charge in [-0.3, -0.25) is 4.79 Å². The third-order valence-electron chi connectivity index (χ3n) is 5.73. The van der Waals surface area contributed by atoms with Crippen molar-refractivity contribution in [1.29, 1.82) is 0 Å². The Morgan fingerprint density at radius 3 is 2.81 bits per heavy atom. The molecule has 27 heavy (non-hydrogen) atoms. The summed E-state index contributed by atoms with van der Waals surface area (Å²) in [7, 11) is 0. The van der Waals surface area contributed by atoms with E-state index in [2.05, 4.69) is 19.1 Å². The summed E-state index contributed by atoms with van der Waals surface area (Å²) in [5, 5.41) is 10.2. The summed E-state index contributed by atoms with van der Waals surface area (Å²) in [6, 6.07) is 13.6. The highest BCUT2D eigenvalue weighted by atomic mass is 16.7. The highest BCUT2D eigenvalue weighted by molar-refractivity contribution is 5.95. The number of likely N-dealkylation sites (tertiary alicyclic amines) is 1. The van der Waals surface area contributed by atoms with Gasteiger partial charge in [0.15, 0.2) is 11.5 Å². The maximum Gasteiger partial charge on any atom is 0.254 e. The van der Waals surface area contributed by atoms with Crippen molar-refractivity contribution >= 4 is 5.91 Å². The number of piperidine rings is 1. The zero-order valence-corrected chi connectivity index (χ0v) is 15.6. The van der Waals surface area contributed by atoms with Crippen molar-refractivity contribution in [2.75, 3.05) is 26.5 Å². The fraction of sp³-hybridized carbons (Fsp3) is 0.409. The fourth-order valence-corrected chi connectivity index (χ4v) is 4.14. The van der Waals surface area contributed by atoms with Crippen LogP contribution in [0.15, 0.2) is 42.5 Å². The first kappa shape index (κ1) is 17.9. The fourth-order valence-electron chi connectivity index (χ4n) is 4.14. The molecule has 0 aliphatic carbocycles. The van der Waals surface area contributed by atoms with Crippen LogP contribution in [0, 0.1) is 12.3 Å². The SMILES string of the molecule is Cc1ccccc1CC1(CO)CCCN(C(=O)c2ccc3c(c2)OCO3)C1. The number of ether oxygens (including phenoxy) is 2. The van der Waals surface area contributed by atoms with Gasteiger partial charge in [-0.2, -0.15) is 0 Å². The van der Waals surface area contributed by atoms with Gasteiger partial charge in [0.1, 0.15) is 0 Å². The van der Waals surface area contributed by atoms with Crippen LogP contribution in [0.4, 0.5) is 0 Å². The molecule has 2 aliphatic heterocycles. The first-order valence-electron chi connectivity index (χ1n) is 9.45. The third kappa shape index (κ3) is 3.52. The minimum Gasteiger partial charge on any atom is -0.454 e. The number of carbonyl (C=O) groups excluding carboxylic acids is 1. The number of aliphatic hydroxyl groups is 1. The number of carbonyl (C=O) groups is 1. The van der Waals surface area contributed by atoms with Crippen molar-refractivity contribution in [1.82, 2.24) is 4.90 Å². The van der Waals surface area contributed by atoms with E-state index >= 15 is 0 Å². The first-order valence-corrected chi connectivity index (χ1v) is 9.45. The van der Waals surface area contributed by atoms with Crippen molar-refractivity contribution in [2.24, 2.45) is 5.41 Å². The standard InChI is InChI=1S/C22H25NO4/c1-16-5-2-3-6-18(16)12-22(14-24)9-4-10-23(13-22)21(25)17-7-8-19-20(11-17)27-15-26-19/h2-3,5-8,11,24H,4,9-10,12-15H2,1H3. The summed E-state index contributed by atoms with van der Waals surface area (Å²) < 4.78 is 10.7. The maximum absolute atomic E-state index is 13.1. The second-order valence-corrected chi connectivity index (χ2v) is 7.66. The minimum atomic E-state index is -0.295. The Bertz CT molecular complexity index is 850. The zero-order chi connectivity index (χ0) is 18.9. The average Bonchev–Trinajstić information content (AvgIpc) is 3.17. The lowest BCUT2D eigenvalue weighted by Crippen LogP contribution is -2.49. The molecule has 2 aromatic rings. The van der Waals surface area contributed by atoms with E-state index in [0.717, 1.165) is 19.3 Å². The summed E-state index contributed by atoms with van der Waals surface area (Å²) in [5.74, 6) is 1.27. The number of hydrogen-bond donors (Lipinski definition) is 1. The van der Waals surface area contributed by atoms with Gasteiger partial charge in [-0.05, 0) is 55.5 Å². The van der Waals surface area contributed by atoms with E-state index in [0.29, 0.717) is 30.2 Å².